The molecule has 0 spiro atoms. The van der Waals surface area contributed by atoms with Crippen LogP contribution in [-0.2, 0) is 10.0 Å². The van der Waals surface area contributed by atoms with Crippen LogP contribution in [0.1, 0.15) is 28.1 Å². The van der Waals surface area contributed by atoms with E-state index in [1.165, 1.54) is 28.8 Å². The van der Waals surface area contributed by atoms with Crippen molar-refractivity contribution in [3.63, 3.8) is 0 Å². The number of ether oxygens (including phenoxy) is 1. The van der Waals surface area contributed by atoms with E-state index in [-0.39, 0.29) is 17.2 Å². The Balaban J connectivity index is 1.66. The van der Waals surface area contributed by atoms with E-state index in [2.05, 4.69) is 15.3 Å². The smallest absolute Gasteiger partial charge is 0.346 e. The molecule has 3 aromatic rings. The van der Waals surface area contributed by atoms with Crippen molar-refractivity contribution in [3.8, 4) is 5.75 Å². The van der Waals surface area contributed by atoms with Gasteiger partial charge in [0.05, 0.1) is 23.9 Å². The van der Waals surface area contributed by atoms with Gasteiger partial charge in [0.2, 0.25) is 10.0 Å². The van der Waals surface area contributed by atoms with Crippen molar-refractivity contribution < 1.29 is 27.4 Å². The SMILES string of the molecule is Cc1c(C(=O)O)sc2ncnc(Nc3ccc(F)cc3O[C@H]3CCCN(S(C)(=O)=O)C3)c12. The van der Waals surface area contributed by atoms with Crippen LogP contribution in [0.3, 0.4) is 0 Å². The number of anilines is 2. The first-order valence-electron chi connectivity index (χ1n) is 9.79. The van der Waals surface area contributed by atoms with E-state index in [0.717, 1.165) is 17.6 Å². The zero-order chi connectivity index (χ0) is 23.0. The monoisotopic (exact) mass is 480 g/mol. The van der Waals surface area contributed by atoms with E-state index >= 15 is 0 Å². The second-order valence-corrected chi connectivity index (χ2v) is 10.5. The standard InChI is InChI=1S/C20H21FN4O5S2/c1-11-16-18(22-10-23-19(16)31-17(11)20(26)27)24-14-6-5-12(21)8-15(14)30-13-4-3-7-25(9-13)32(2,28)29/h5-6,8,10,13H,3-4,7,9H2,1-2H3,(H,26,27)(H,22,23,24)/t13-/m0/s1. The Hall–Kier alpha value is -2.83. The van der Waals surface area contributed by atoms with Gasteiger partial charge in [-0.3, -0.25) is 0 Å². The number of aromatic carboxylic acids is 1. The van der Waals surface area contributed by atoms with Gasteiger partial charge >= 0.3 is 5.97 Å². The van der Waals surface area contributed by atoms with Crippen LogP contribution in [0.2, 0.25) is 0 Å². The number of hydrogen-bond donors (Lipinski definition) is 2. The molecule has 1 aliphatic rings. The second kappa shape index (κ2) is 8.60. The molecule has 0 unspecified atom stereocenters. The van der Waals surface area contributed by atoms with E-state index < -0.39 is 27.9 Å². The van der Waals surface area contributed by atoms with E-state index in [1.54, 1.807) is 6.92 Å². The summed E-state index contributed by atoms with van der Waals surface area (Å²) in [5.41, 5.74) is 0.951. The van der Waals surface area contributed by atoms with Gasteiger partial charge < -0.3 is 15.2 Å². The van der Waals surface area contributed by atoms with Crippen LogP contribution >= 0.6 is 11.3 Å². The number of rotatable bonds is 6. The number of nitrogens with zero attached hydrogens (tertiary/aromatic N) is 3. The highest BCUT2D eigenvalue weighted by Crippen LogP contribution is 2.37. The molecule has 0 amide bonds. The van der Waals surface area contributed by atoms with Gasteiger partial charge in [-0.15, -0.1) is 11.3 Å². The van der Waals surface area contributed by atoms with Crippen molar-refractivity contribution in [2.75, 3.05) is 24.7 Å². The number of halogens is 1. The molecule has 1 aromatic carbocycles. The summed E-state index contributed by atoms with van der Waals surface area (Å²) in [4.78, 5) is 20.6. The Bertz CT molecular complexity index is 1290. The van der Waals surface area contributed by atoms with Crippen molar-refractivity contribution >= 4 is 49.1 Å². The first-order chi connectivity index (χ1) is 15.1. The summed E-state index contributed by atoms with van der Waals surface area (Å²) in [5, 5.41) is 13.1. The molecule has 0 bridgehead atoms. The average molecular weight is 481 g/mol. The molecule has 3 heterocycles. The van der Waals surface area contributed by atoms with Gasteiger partial charge in [-0.2, -0.15) is 4.31 Å². The predicted octanol–water partition coefficient (Wildman–Crippen LogP) is 3.38. The van der Waals surface area contributed by atoms with Crippen LogP contribution in [0.5, 0.6) is 5.75 Å². The molecule has 1 aliphatic heterocycles. The summed E-state index contributed by atoms with van der Waals surface area (Å²) in [6.07, 6.45) is 3.30. The number of sulfonamides is 1. The number of piperidine rings is 1. The summed E-state index contributed by atoms with van der Waals surface area (Å²) in [6, 6.07) is 3.99. The average Bonchev–Trinajstić information content (AvgIpc) is 3.07. The lowest BCUT2D eigenvalue weighted by Crippen LogP contribution is -2.43. The van der Waals surface area contributed by atoms with E-state index in [9.17, 15) is 22.7 Å². The summed E-state index contributed by atoms with van der Waals surface area (Å²) in [5.74, 6) is -0.971. The summed E-state index contributed by atoms with van der Waals surface area (Å²) < 4.78 is 45.2. The Morgan fingerprint density at radius 3 is 2.88 bits per heavy atom. The Morgan fingerprint density at radius 2 is 2.16 bits per heavy atom. The third-order valence-electron chi connectivity index (χ3n) is 5.22. The van der Waals surface area contributed by atoms with Crippen molar-refractivity contribution in [1.82, 2.24) is 14.3 Å². The number of carboxylic acids is 1. The Kier molecular flexibility index (Phi) is 6.01. The molecular formula is C20H21FN4O5S2. The summed E-state index contributed by atoms with van der Waals surface area (Å²) >= 11 is 1.05. The number of thiophene rings is 1. The lowest BCUT2D eigenvalue weighted by molar-refractivity contribution is 0.0701. The molecule has 0 radical (unpaired) electrons. The van der Waals surface area contributed by atoms with Crippen molar-refractivity contribution in [2.45, 2.75) is 25.9 Å². The van der Waals surface area contributed by atoms with Crippen LogP contribution in [0.25, 0.3) is 10.2 Å². The van der Waals surface area contributed by atoms with Gasteiger partial charge in [-0.25, -0.2) is 27.6 Å². The summed E-state index contributed by atoms with van der Waals surface area (Å²) in [6.45, 7) is 2.29. The zero-order valence-corrected chi connectivity index (χ0v) is 19.0. The largest absolute Gasteiger partial charge is 0.487 e. The van der Waals surface area contributed by atoms with Crippen LogP contribution < -0.4 is 10.1 Å². The molecule has 170 valence electrons. The van der Waals surface area contributed by atoms with Gasteiger partial charge in [0.25, 0.3) is 0 Å². The van der Waals surface area contributed by atoms with Crippen molar-refractivity contribution in [1.29, 1.82) is 0 Å². The number of carboxylic acid groups (broad SMARTS) is 1. The minimum atomic E-state index is -3.35. The fourth-order valence-corrected chi connectivity index (χ4v) is 5.56. The van der Waals surface area contributed by atoms with E-state index in [0.29, 0.717) is 46.7 Å². The number of aryl methyl sites for hydroxylation is 1. The van der Waals surface area contributed by atoms with E-state index in [4.69, 9.17) is 4.74 Å². The highest BCUT2D eigenvalue weighted by atomic mass is 32.2. The quantitative estimate of drug-likeness (QED) is 0.551. The Labute approximate surface area is 187 Å². The highest BCUT2D eigenvalue weighted by Gasteiger charge is 2.28. The fourth-order valence-electron chi connectivity index (χ4n) is 3.68. The predicted molar refractivity (Wildman–Crippen MR) is 119 cm³/mol. The maximum Gasteiger partial charge on any atom is 0.346 e. The molecule has 12 heteroatoms. The number of nitrogens with one attached hydrogen (secondary N) is 1. The highest BCUT2D eigenvalue weighted by molar-refractivity contribution is 7.88. The molecule has 4 rings (SSSR count). The number of carbonyl (C=O) groups is 1. The van der Waals surface area contributed by atoms with Crippen molar-refractivity contribution in [3.05, 3.63) is 40.8 Å². The molecule has 1 atom stereocenters. The van der Waals surface area contributed by atoms with Crippen LogP contribution in [-0.4, -0.2) is 59.2 Å². The molecule has 2 N–H and O–H groups in total. The number of benzene rings is 1. The number of fused-ring (bicyclic) bond motifs is 1. The van der Waals surface area contributed by atoms with Crippen LogP contribution in [0.15, 0.2) is 24.5 Å². The van der Waals surface area contributed by atoms with Crippen LogP contribution in [0, 0.1) is 12.7 Å². The molecule has 2 aromatic heterocycles. The maximum atomic E-state index is 14.0. The third kappa shape index (κ3) is 4.52. The van der Waals surface area contributed by atoms with Gasteiger partial charge in [0, 0.05) is 12.6 Å². The van der Waals surface area contributed by atoms with Gasteiger partial charge in [0.1, 0.15) is 39.5 Å². The van der Waals surface area contributed by atoms with Gasteiger partial charge in [-0.1, -0.05) is 0 Å². The first kappa shape index (κ1) is 22.4. The summed E-state index contributed by atoms with van der Waals surface area (Å²) in [7, 11) is -3.35. The normalized spacial score (nSPS) is 17.4. The lowest BCUT2D eigenvalue weighted by atomic mass is 10.1. The van der Waals surface area contributed by atoms with Gasteiger partial charge in [-0.05, 0) is 37.5 Å². The third-order valence-corrected chi connectivity index (χ3v) is 7.68. The molecule has 32 heavy (non-hydrogen) atoms. The number of hydrogen-bond acceptors (Lipinski definition) is 8. The molecule has 0 saturated carbocycles. The fraction of sp³-hybridized carbons (Fsp3) is 0.350. The molecule has 9 nitrogen and oxygen atoms in total. The molecule has 1 saturated heterocycles. The van der Waals surface area contributed by atoms with Crippen molar-refractivity contribution in [2.24, 2.45) is 0 Å². The second-order valence-electron chi connectivity index (χ2n) is 7.53. The van der Waals surface area contributed by atoms with Gasteiger partial charge in [0.15, 0.2) is 0 Å². The minimum Gasteiger partial charge on any atom is -0.487 e. The Morgan fingerprint density at radius 1 is 1.38 bits per heavy atom. The van der Waals surface area contributed by atoms with E-state index in [1.807, 2.05) is 0 Å². The minimum absolute atomic E-state index is 0.169. The molecular weight excluding hydrogens is 459 g/mol. The zero-order valence-electron chi connectivity index (χ0n) is 17.3. The van der Waals surface area contributed by atoms with Crippen LogP contribution in [0.4, 0.5) is 15.9 Å². The molecule has 1 fully saturated rings. The number of aromatic nitrogens is 2. The first-order valence-corrected chi connectivity index (χ1v) is 12.5. The molecule has 0 aliphatic carbocycles. The topological polar surface area (TPSA) is 122 Å². The lowest BCUT2D eigenvalue weighted by Gasteiger charge is -2.31. The maximum absolute atomic E-state index is 14.0.